The van der Waals surface area contributed by atoms with Gasteiger partial charge in [0, 0.05) is 22.2 Å². The summed E-state index contributed by atoms with van der Waals surface area (Å²) in [7, 11) is 0. The lowest BCUT2D eigenvalue weighted by Crippen LogP contribution is -2.61. The lowest BCUT2D eigenvalue weighted by Gasteiger charge is -2.29. The van der Waals surface area contributed by atoms with Gasteiger partial charge in [0.2, 0.25) is 0 Å². The molecule has 1 atom stereocenters. The summed E-state index contributed by atoms with van der Waals surface area (Å²) in [5, 5.41) is 11.3. The van der Waals surface area contributed by atoms with Crippen molar-refractivity contribution in [2.75, 3.05) is 0 Å². The third-order valence-corrected chi connectivity index (χ3v) is 3.84. The standard InChI is InChI=1S/C22H20FN3O3/c1-22(2,24)19(21(28)26-29)25-20(27)17-12-10-15(11-13-17)6-3-4-7-16-8-5-9-18(23)14-16/h5,8-14,19,29H,24H2,1-2H3,(H,25,27)(H,26,28)/t19-/m1/s1. The van der Waals surface area contributed by atoms with Crippen molar-refractivity contribution in [1.29, 1.82) is 0 Å². The van der Waals surface area contributed by atoms with Crippen molar-refractivity contribution in [2.24, 2.45) is 5.73 Å². The molecule has 0 aliphatic rings. The number of hydroxylamine groups is 1. The monoisotopic (exact) mass is 393 g/mol. The number of hydrogen-bond donors (Lipinski definition) is 4. The van der Waals surface area contributed by atoms with Gasteiger partial charge in [-0.05, 0) is 68.2 Å². The summed E-state index contributed by atoms with van der Waals surface area (Å²) in [5.41, 5.74) is 7.73. The van der Waals surface area contributed by atoms with Gasteiger partial charge in [0.25, 0.3) is 11.8 Å². The van der Waals surface area contributed by atoms with Gasteiger partial charge < -0.3 is 11.1 Å². The lowest BCUT2D eigenvalue weighted by molar-refractivity contribution is -0.132. The molecule has 7 heteroatoms. The molecule has 29 heavy (non-hydrogen) atoms. The van der Waals surface area contributed by atoms with Crippen LogP contribution in [0, 0.1) is 29.5 Å². The van der Waals surface area contributed by atoms with E-state index in [9.17, 15) is 14.0 Å². The minimum absolute atomic E-state index is 0.293. The second-order valence-corrected chi connectivity index (χ2v) is 6.79. The number of benzene rings is 2. The van der Waals surface area contributed by atoms with Crippen LogP contribution in [0.25, 0.3) is 0 Å². The van der Waals surface area contributed by atoms with E-state index in [1.165, 1.54) is 29.7 Å². The first-order valence-corrected chi connectivity index (χ1v) is 8.62. The minimum atomic E-state index is -1.13. The number of nitrogens with two attached hydrogens (primary N) is 1. The summed E-state index contributed by atoms with van der Waals surface area (Å²) in [4.78, 5) is 24.1. The third kappa shape index (κ3) is 6.47. The van der Waals surface area contributed by atoms with E-state index in [0.29, 0.717) is 16.7 Å². The molecule has 0 aliphatic heterocycles. The summed E-state index contributed by atoms with van der Waals surface area (Å²) in [6.07, 6.45) is 0. The zero-order valence-corrected chi connectivity index (χ0v) is 15.9. The fourth-order valence-electron chi connectivity index (χ4n) is 2.35. The van der Waals surface area contributed by atoms with E-state index in [1.807, 2.05) is 0 Å². The summed E-state index contributed by atoms with van der Waals surface area (Å²) in [5.74, 6) is 9.15. The number of amides is 2. The van der Waals surface area contributed by atoms with Gasteiger partial charge >= 0.3 is 0 Å². The molecule has 6 nitrogen and oxygen atoms in total. The quantitative estimate of drug-likeness (QED) is 0.360. The molecule has 0 aromatic heterocycles. The molecule has 0 saturated heterocycles. The van der Waals surface area contributed by atoms with Crippen molar-refractivity contribution >= 4 is 11.8 Å². The molecule has 5 N–H and O–H groups in total. The van der Waals surface area contributed by atoms with E-state index in [-0.39, 0.29) is 5.82 Å². The molecule has 2 aromatic carbocycles. The van der Waals surface area contributed by atoms with E-state index in [0.717, 1.165) is 0 Å². The molecule has 2 rings (SSSR count). The molecular weight excluding hydrogens is 373 g/mol. The number of carbonyl (C=O) groups is 2. The van der Waals surface area contributed by atoms with Crippen molar-refractivity contribution in [3.63, 3.8) is 0 Å². The fourth-order valence-corrected chi connectivity index (χ4v) is 2.35. The van der Waals surface area contributed by atoms with Gasteiger partial charge in [-0.25, -0.2) is 9.87 Å². The Morgan fingerprint density at radius 1 is 1.07 bits per heavy atom. The zero-order chi connectivity index (χ0) is 21.4. The average Bonchev–Trinajstić information content (AvgIpc) is 2.68. The van der Waals surface area contributed by atoms with Gasteiger partial charge in [-0.2, -0.15) is 0 Å². The van der Waals surface area contributed by atoms with E-state index in [2.05, 4.69) is 29.0 Å². The SMILES string of the molecule is CC(C)(N)[C@H](NC(=O)c1ccc(C#CC#Cc2cccc(F)c2)cc1)C(=O)NO. The number of carbonyl (C=O) groups excluding carboxylic acids is 2. The molecule has 148 valence electrons. The molecule has 0 heterocycles. The minimum Gasteiger partial charge on any atom is -0.338 e. The van der Waals surface area contributed by atoms with Crippen molar-refractivity contribution in [3.8, 4) is 23.7 Å². The first-order chi connectivity index (χ1) is 13.7. The van der Waals surface area contributed by atoms with E-state index in [4.69, 9.17) is 10.9 Å². The summed E-state index contributed by atoms with van der Waals surface area (Å²) in [6, 6.07) is 11.1. The Morgan fingerprint density at radius 2 is 1.69 bits per heavy atom. The molecule has 0 fully saturated rings. The Bertz CT molecular complexity index is 1020. The summed E-state index contributed by atoms with van der Waals surface area (Å²) in [6.45, 7) is 3.10. The number of halogens is 1. The van der Waals surface area contributed by atoms with Crippen molar-refractivity contribution < 1.29 is 19.2 Å². The average molecular weight is 393 g/mol. The fraction of sp³-hybridized carbons (Fsp3) is 0.182. The Morgan fingerprint density at radius 3 is 2.24 bits per heavy atom. The van der Waals surface area contributed by atoms with Crippen LogP contribution in [0.15, 0.2) is 48.5 Å². The topological polar surface area (TPSA) is 104 Å². The van der Waals surface area contributed by atoms with E-state index < -0.39 is 23.4 Å². The molecule has 2 amide bonds. The highest BCUT2D eigenvalue weighted by atomic mass is 19.1. The maximum atomic E-state index is 13.1. The molecule has 0 aliphatic carbocycles. The van der Waals surface area contributed by atoms with Crippen LogP contribution in [0.2, 0.25) is 0 Å². The van der Waals surface area contributed by atoms with Gasteiger partial charge in [-0.1, -0.05) is 17.9 Å². The predicted molar refractivity (Wildman–Crippen MR) is 106 cm³/mol. The number of hydrogen-bond acceptors (Lipinski definition) is 4. The predicted octanol–water partition coefficient (Wildman–Crippen LogP) is 1.57. The molecule has 0 spiro atoms. The van der Waals surface area contributed by atoms with Crippen LogP contribution in [0.3, 0.4) is 0 Å². The Labute approximate surface area is 168 Å². The van der Waals surface area contributed by atoms with Gasteiger partial charge in [-0.3, -0.25) is 14.8 Å². The van der Waals surface area contributed by atoms with Crippen LogP contribution >= 0.6 is 0 Å². The Balaban J connectivity index is 2.07. The van der Waals surface area contributed by atoms with Crippen LogP contribution in [-0.4, -0.2) is 28.6 Å². The summed E-state index contributed by atoms with van der Waals surface area (Å²) >= 11 is 0. The van der Waals surface area contributed by atoms with Crippen molar-refractivity contribution in [1.82, 2.24) is 10.8 Å². The Kier molecular flexibility index (Phi) is 7.10. The van der Waals surface area contributed by atoms with Gasteiger partial charge in [0.15, 0.2) is 0 Å². The maximum absolute atomic E-state index is 13.1. The first kappa shape index (κ1) is 21.6. The smallest absolute Gasteiger partial charge is 0.267 e. The van der Waals surface area contributed by atoms with Gasteiger partial charge in [-0.15, -0.1) is 0 Å². The van der Waals surface area contributed by atoms with Crippen LogP contribution in [0.1, 0.15) is 35.3 Å². The van der Waals surface area contributed by atoms with E-state index >= 15 is 0 Å². The second-order valence-electron chi connectivity index (χ2n) is 6.79. The van der Waals surface area contributed by atoms with Gasteiger partial charge in [0.05, 0.1) is 0 Å². The van der Waals surface area contributed by atoms with Crippen LogP contribution in [0.5, 0.6) is 0 Å². The maximum Gasteiger partial charge on any atom is 0.267 e. The first-order valence-electron chi connectivity index (χ1n) is 8.62. The highest BCUT2D eigenvalue weighted by Gasteiger charge is 2.33. The molecule has 0 bridgehead atoms. The van der Waals surface area contributed by atoms with Crippen LogP contribution in [0.4, 0.5) is 4.39 Å². The third-order valence-electron chi connectivity index (χ3n) is 3.84. The van der Waals surface area contributed by atoms with E-state index in [1.54, 1.807) is 38.1 Å². The highest BCUT2D eigenvalue weighted by Crippen LogP contribution is 2.09. The lowest BCUT2D eigenvalue weighted by atomic mass is 9.95. The molecule has 0 radical (unpaired) electrons. The number of nitrogens with one attached hydrogen (secondary N) is 2. The van der Waals surface area contributed by atoms with Crippen LogP contribution in [-0.2, 0) is 4.79 Å². The van der Waals surface area contributed by atoms with Crippen LogP contribution < -0.4 is 16.5 Å². The second kappa shape index (κ2) is 9.52. The molecule has 0 saturated carbocycles. The molecule has 0 unspecified atom stereocenters. The number of rotatable bonds is 4. The summed E-state index contributed by atoms with van der Waals surface area (Å²) < 4.78 is 13.1. The molecular formula is C22H20FN3O3. The highest BCUT2D eigenvalue weighted by molar-refractivity contribution is 5.97. The largest absolute Gasteiger partial charge is 0.338 e. The normalized spacial score (nSPS) is 11.2. The van der Waals surface area contributed by atoms with Crippen molar-refractivity contribution in [3.05, 3.63) is 71.0 Å². The van der Waals surface area contributed by atoms with Crippen molar-refractivity contribution in [2.45, 2.75) is 25.4 Å². The zero-order valence-electron chi connectivity index (χ0n) is 15.9. The molecule has 2 aromatic rings. The van der Waals surface area contributed by atoms with Gasteiger partial charge in [0.1, 0.15) is 11.9 Å². The Hall–Kier alpha value is -3.65.